The summed E-state index contributed by atoms with van der Waals surface area (Å²) >= 11 is 0. The molecule has 4 nitrogen and oxygen atoms in total. The van der Waals surface area contributed by atoms with Crippen molar-refractivity contribution >= 4 is 5.91 Å². The van der Waals surface area contributed by atoms with E-state index in [4.69, 9.17) is 10.8 Å². The Morgan fingerprint density at radius 1 is 1.53 bits per heavy atom. The van der Waals surface area contributed by atoms with E-state index in [0.717, 1.165) is 25.7 Å². The van der Waals surface area contributed by atoms with Crippen molar-refractivity contribution in [1.29, 1.82) is 0 Å². The lowest BCUT2D eigenvalue weighted by Crippen LogP contribution is -2.42. The van der Waals surface area contributed by atoms with Crippen molar-refractivity contribution in [2.45, 2.75) is 57.1 Å². The number of aliphatic hydroxyl groups excluding tert-OH is 1. The van der Waals surface area contributed by atoms with Crippen molar-refractivity contribution in [2.24, 2.45) is 5.73 Å². The molecular formula is C11H22N2O2. The van der Waals surface area contributed by atoms with Crippen LogP contribution < -0.4 is 11.1 Å². The maximum Gasteiger partial charge on any atom is 0.221 e. The lowest BCUT2D eigenvalue weighted by molar-refractivity contribution is -0.122. The van der Waals surface area contributed by atoms with Gasteiger partial charge < -0.3 is 16.2 Å². The van der Waals surface area contributed by atoms with E-state index < -0.39 is 0 Å². The Balaban J connectivity index is 2.18. The molecule has 1 saturated carbocycles. The second-order valence-corrected chi connectivity index (χ2v) is 4.73. The zero-order chi connectivity index (χ0) is 11.3. The Morgan fingerprint density at radius 3 is 2.67 bits per heavy atom. The molecule has 0 heterocycles. The molecule has 1 fully saturated rings. The van der Waals surface area contributed by atoms with Crippen LogP contribution in [0.15, 0.2) is 0 Å². The summed E-state index contributed by atoms with van der Waals surface area (Å²) in [6, 6.07) is 0. The van der Waals surface area contributed by atoms with Crippen molar-refractivity contribution in [3.63, 3.8) is 0 Å². The monoisotopic (exact) mass is 214 g/mol. The highest BCUT2D eigenvalue weighted by Gasteiger charge is 2.31. The Morgan fingerprint density at radius 2 is 2.13 bits per heavy atom. The van der Waals surface area contributed by atoms with Gasteiger partial charge in [-0.15, -0.1) is 0 Å². The van der Waals surface area contributed by atoms with Crippen molar-refractivity contribution < 1.29 is 9.90 Å². The molecule has 1 unspecified atom stereocenters. The van der Waals surface area contributed by atoms with Crippen LogP contribution in [0.1, 0.15) is 45.4 Å². The Kier molecular flexibility index (Phi) is 4.54. The molecule has 1 rings (SSSR count). The van der Waals surface area contributed by atoms with E-state index >= 15 is 0 Å². The van der Waals surface area contributed by atoms with Crippen LogP contribution in [0.2, 0.25) is 0 Å². The van der Waals surface area contributed by atoms with Crippen LogP contribution in [0.5, 0.6) is 0 Å². The topological polar surface area (TPSA) is 75.3 Å². The fourth-order valence-corrected chi connectivity index (χ4v) is 2.06. The van der Waals surface area contributed by atoms with Gasteiger partial charge in [0, 0.05) is 18.5 Å². The Hall–Kier alpha value is -0.610. The molecule has 0 aliphatic heterocycles. The molecule has 0 bridgehead atoms. The third kappa shape index (κ3) is 4.62. The zero-order valence-electron chi connectivity index (χ0n) is 9.46. The van der Waals surface area contributed by atoms with E-state index in [-0.39, 0.29) is 17.6 Å². The molecule has 1 aliphatic rings. The molecule has 0 radical (unpaired) electrons. The average Bonchev–Trinajstić information content (AvgIpc) is 2.50. The van der Waals surface area contributed by atoms with Crippen LogP contribution in [0.3, 0.4) is 0 Å². The van der Waals surface area contributed by atoms with E-state index in [1.54, 1.807) is 6.92 Å². The number of rotatable bonds is 5. The van der Waals surface area contributed by atoms with Gasteiger partial charge in [-0.3, -0.25) is 4.79 Å². The number of hydrogen-bond donors (Lipinski definition) is 3. The van der Waals surface area contributed by atoms with Crippen LogP contribution >= 0.6 is 0 Å². The molecular weight excluding hydrogens is 192 g/mol. The first kappa shape index (κ1) is 12.5. The SMILES string of the molecule is CC(O)CCNC(=O)CC1(N)CCCC1. The molecule has 0 aromatic carbocycles. The van der Waals surface area contributed by atoms with Crippen LogP contribution in [-0.2, 0) is 4.79 Å². The van der Waals surface area contributed by atoms with Gasteiger partial charge in [-0.05, 0) is 26.2 Å². The van der Waals surface area contributed by atoms with Gasteiger partial charge >= 0.3 is 0 Å². The van der Waals surface area contributed by atoms with Crippen molar-refractivity contribution in [3.05, 3.63) is 0 Å². The maximum atomic E-state index is 11.5. The fraction of sp³-hybridized carbons (Fsp3) is 0.909. The predicted octanol–water partition coefficient (Wildman–Crippen LogP) is 0.535. The number of nitrogens with one attached hydrogen (secondary N) is 1. The van der Waals surface area contributed by atoms with Crippen molar-refractivity contribution in [3.8, 4) is 0 Å². The van der Waals surface area contributed by atoms with Crippen LogP contribution in [-0.4, -0.2) is 29.2 Å². The van der Waals surface area contributed by atoms with E-state index in [1.165, 1.54) is 0 Å². The summed E-state index contributed by atoms with van der Waals surface area (Å²) in [5, 5.41) is 11.8. The Bertz CT molecular complexity index is 211. The minimum absolute atomic E-state index is 0.0139. The molecule has 0 saturated heterocycles. The highest BCUT2D eigenvalue weighted by molar-refractivity contribution is 5.77. The van der Waals surface area contributed by atoms with E-state index in [0.29, 0.717) is 19.4 Å². The van der Waals surface area contributed by atoms with Crippen LogP contribution in [0, 0.1) is 0 Å². The highest BCUT2D eigenvalue weighted by atomic mass is 16.3. The van der Waals surface area contributed by atoms with Crippen molar-refractivity contribution in [1.82, 2.24) is 5.32 Å². The number of nitrogens with two attached hydrogens (primary N) is 1. The average molecular weight is 214 g/mol. The van der Waals surface area contributed by atoms with Gasteiger partial charge in [-0.25, -0.2) is 0 Å². The normalized spacial score (nSPS) is 21.3. The van der Waals surface area contributed by atoms with Crippen molar-refractivity contribution in [2.75, 3.05) is 6.54 Å². The molecule has 0 aromatic rings. The minimum atomic E-state index is -0.358. The van der Waals surface area contributed by atoms with E-state index in [9.17, 15) is 4.79 Å². The van der Waals surface area contributed by atoms with Gasteiger partial charge in [0.25, 0.3) is 0 Å². The van der Waals surface area contributed by atoms with Gasteiger partial charge in [0.1, 0.15) is 0 Å². The summed E-state index contributed by atoms with van der Waals surface area (Å²) < 4.78 is 0. The summed E-state index contributed by atoms with van der Waals surface area (Å²) in [5.41, 5.74) is 5.81. The van der Waals surface area contributed by atoms with Gasteiger partial charge in [0.2, 0.25) is 5.91 Å². The number of amides is 1. The molecule has 0 aromatic heterocycles. The summed E-state index contributed by atoms with van der Waals surface area (Å²) in [6.07, 6.45) is 4.85. The number of hydrogen-bond acceptors (Lipinski definition) is 3. The lowest BCUT2D eigenvalue weighted by atomic mass is 9.94. The quantitative estimate of drug-likeness (QED) is 0.625. The van der Waals surface area contributed by atoms with Crippen LogP contribution in [0.4, 0.5) is 0 Å². The highest BCUT2D eigenvalue weighted by Crippen LogP contribution is 2.29. The molecule has 4 heteroatoms. The standard InChI is InChI=1S/C11H22N2O2/c1-9(14)4-7-13-10(15)8-11(12)5-2-3-6-11/h9,14H,2-8,12H2,1H3,(H,13,15). The fourth-order valence-electron chi connectivity index (χ4n) is 2.06. The smallest absolute Gasteiger partial charge is 0.221 e. The minimum Gasteiger partial charge on any atom is -0.393 e. The van der Waals surface area contributed by atoms with E-state index in [2.05, 4.69) is 5.32 Å². The van der Waals surface area contributed by atoms with Gasteiger partial charge in [-0.1, -0.05) is 12.8 Å². The summed E-state index contributed by atoms with van der Waals surface area (Å²) in [6.45, 7) is 2.25. The first-order valence-electron chi connectivity index (χ1n) is 5.75. The summed E-state index contributed by atoms with van der Waals surface area (Å²) in [5.74, 6) is 0.0139. The first-order valence-corrected chi connectivity index (χ1v) is 5.75. The largest absolute Gasteiger partial charge is 0.393 e. The maximum absolute atomic E-state index is 11.5. The molecule has 4 N–H and O–H groups in total. The third-order valence-corrected chi connectivity index (χ3v) is 3.00. The molecule has 1 aliphatic carbocycles. The predicted molar refractivity (Wildman–Crippen MR) is 59.3 cm³/mol. The first-order chi connectivity index (χ1) is 7.02. The lowest BCUT2D eigenvalue weighted by Gasteiger charge is -2.22. The molecule has 1 atom stereocenters. The summed E-state index contributed by atoms with van der Waals surface area (Å²) in [7, 11) is 0. The molecule has 0 spiro atoms. The number of carbonyl (C=O) groups is 1. The molecule has 15 heavy (non-hydrogen) atoms. The van der Waals surface area contributed by atoms with Gasteiger partial charge in [-0.2, -0.15) is 0 Å². The number of aliphatic hydroxyl groups is 1. The van der Waals surface area contributed by atoms with E-state index in [1.807, 2.05) is 0 Å². The Labute approximate surface area is 91.2 Å². The van der Waals surface area contributed by atoms with Crippen LogP contribution in [0.25, 0.3) is 0 Å². The van der Waals surface area contributed by atoms with Gasteiger partial charge in [0.15, 0.2) is 0 Å². The summed E-state index contributed by atoms with van der Waals surface area (Å²) in [4.78, 5) is 11.5. The molecule has 1 amide bonds. The molecule has 88 valence electrons. The number of carbonyl (C=O) groups excluding carboxylic acids is 1. The zero-order valence-corrected chi connectivity index (χ0v) is 9.46. The second-order valence-electron chi connectivity index (χ2n) is 4.73. The van der Waals surface area contributed by atoms with Gasteiger partial charge in [0.05, 0.1) is 6.10 Å². The second kappa shape index (κ2) is 5.47. The third-order valence-electron chi connectivity index (χ3n) is 3.00.